The maximum Gasteiger partial charge on any atom is 0.169 e. The maximum absolute atomic E-state index is 5.54. The molecule has 1 aliphatic carbocycles. The first-order valence-corrected chi connectivity index (χ1v) is 7.33. The summed E-state index contributed by atoms with van der Waals surface area (Å²) in [5, 5.41) is 4.55. The summed E-state index contributed by atoms with van der Waals surface area (Å²) in [7, 11) is 2.19. The largest absolute Gasteiger partial charge is 0.360 e. The SMILES string of the molecule is CC1CN(C(=S)NC2CCCCC2)CCN1C. The summed E-state index contributed by atoms with van der Waals surface area (Å²) < 4.78 is 0. The Morgan fingerprint density at radius 2 is 1.88 bits per heavy atom. The Morgan fingerprint density at radius 3 is 2.53 bits per heavy atom. The van der Waals surface area contributed by atoms with E-state index in [4.69, 9.17) is 12.2 Å². The van der Waals surface area contributed by atoms with Crippen molar-refractivity contribution in [2.45, 2.75) is 51.1 Å². The molecule has 2 rings (SSSR count). The molecule has 0 aromatic rings. The van der Waals surface area contributed by atoms with Gasteiger partial charge in [0, 0.05) is 31.7 Å². The van der Waals surface area contributed by atoms with E-state index in [9.17, 15) is 0 Å². The van der Waals surface area contributed by atoms with Crippen LogP contribution in [0.25, 0.3) is 0 Å². The normalized spacial score (nSPS) is 28.1. The third-order valence-corrected chi connectivity index (χ3v) is 4.56. The third kappa shape index (κ3) is 3.55. The minimum Gasteiger partial charge on any atom is -0.360 e. The van der Waals surface area contributed by atoms with Gasteiger partial charge in [0.15, 0.2) is 5.11 Å². The molecule has 4 heteroatoms. The van der Waals surface area contributed by atoms with E-state index in [-0.39, 0.29) is 0 Å². The summed E-state index contributed by atoms with van der Waals surface area (Å²) in [6.07, 6.45) is 6.71. The molecule has 0 aromatic heterocycles. The second-order valence-corrected chi connectivity index (χ2v) is 5.95. The van der Waals surface area contributed by atoms with E-state index in [0.29, 0.717) is 12.1 Å². The highest BCUT2D eigenvalue weighted by molar-refractivity contribution is 7.80. The highest BCUT2D eigenvalue weighted by Crippen LogP contribution is 2.18. The fourth-order valence-corrected chi connectivity index (χ4v) is 3.08. The first-order chi connectivity index (χ1) is 8.16. The van der Waals surface area contributed by atoms with Gasteiger partial charge in [-0.3, -0.25) is 0 Å². The van der Waals surface area contributed by atoms with Gasteiger partial charge in [0.05, 0.1) is 0 Å². The van der Waals surface area contributed by atoms with E-state index in [1.165, 1.54) is 32.1 Å². The molecule has 0 spiro atoms. The van der Waals surface area contributed by atoms with Crippen molar-refractivity contribution in [3.63, 3.8) is 0 Å². The quantitative estimate of drug-likeness (QED) is 0.720. The number of nitrogens with one attached hydrogen (secondary N) is 1. The number of piperazine rings is 1. The molecule has 0 aromatic carbocycles. The van der Waals surface area contributed by atoms with Gasteiger partial charge < -0.3 is 15.1 Å². The van der Waals surface area contributed by atoms with E-state index in [0.717, 1.165) is 24.7 Å². The van der Waals surface area contributed by atoms with Crippen molar-refractivity contribution < 1.29 is 0 Å². The second-order valence-electron chi connectivity index (χ2n) is 5.56. The van der Waals surface area contributed by atoms with Crippen LogP contribution in [0.1, 0.15) is 39.0 Å². The molecular formula is C13H25N3S. The van der Waals surface area contributed by atoms with Crippen molar-refractivity contribution in [2.75, 3.05) is 26.7 Å². The fraction of sp³-hybridized carbons (Fsp3) is 0.923. The molecule has 1 saturated carbocycles. The number of hydrogen-bond donors (Lipinski definition) is 1. The topological polar surface area (TPSA) is 18.5 Å². The molecule has 1 aliphatic heterocycles. The minimum absolute atomic E-state index is 0.606. The molecule has 1 unspecified atom stereocenters. The van der Waals surface area contributed by atoms with Crippen molar-refractivity contribution in [1.29, 1.82) is 0 Å². The van der Waals surface area contributed by atoms with Gasteiger partial charge in [0.1, 0.15) is 0 Å². The van der Waals surface area contributed by atoms with Crippen molar-refractivity contribution in [3.8, 4) is 0 Å². The summed E-state index contributed by atoms with van der Waals surface area (Å²) in [5.41, 5.74) is 0. The smallest absolute Gasteiger partial charge is 0.169 e. The van der Waals surface area contributed by atoms with Crippen LogP contribution in [-0.4, -0.2) is 53.7 Å². The van der Waals surface area contributed by atoms with E-state index in [1.54, 1.807) is 0 Å². The molecule has 0 amide bonds. The Hall–Kier alpha value is -0.350. The highest BCUT2D eigenvalue weighted by atomic mass is 32.1. The monoisotopic (exact) mass is 255 g/mol. The molecule has 2 aliphatic rings. The van der Waals surface area contributed by atoms with Crippen LogP contribution in [0.3, 0.4) is 0 Å². The molecule has 1 saturated heterocycles. The van der Waals surface area contributed by atoms with Crippen LogP contribution >= 0.6 is 12.2 Å². The summed E-state index contributed by atoms with van der Waals surface area (Å²) in [4.78, 5) is 4.74. The van der Waals surface area contributed by atoms with Crippen molar-refractivity contribution in [3.05, 3.63) is 0 Å². The third-order valence-electron chi connectivity index (χ3n) is 4.18. The van der Waals surface area contributed by atoms with Crippen LogP contribution in [-0.2, 0) is 0 Å². The average Bonchev–Trinajstić information content (AvgIpc) is 2.34. The molecule has 1 atom stereocenters. The molecule has 3 nitrogen and oxygen atoms in total. The number of nitrogens with zero attached hydrogens (tertiary/aromatic N) is 2. The maximum atomic E-state index is 5.54. The first-order valence-electron chi connectivity index (χ1n) is 6.92. The van der Waals surface area contributed by atoms with Crippen molar-refractivity contribution in [2.24, 2.45) is 0 Å². The lowest BCUT2D eigenvalue weighted by Crippen LogP contribution is -2.55. The van der Waals surface area contributed by atoms with Crippen LogP contribution in [0.15, 0.2) is 0 Å². The van der Waals surface area contributed by atoms with Gasteiger partial charge in [-0.2, -0.15) is 0 Å². The van der Waals surface area contributed by atoms with Gasteiger partial charge in [0.2, 0.25) is 0 Å². The fourth-order valence-electron chi connectivity index (χ4n) is 2.75. The van der Waals surface area contributed by atoms with Gasteiger partial charge in [-0.05, 0) is 39.0 Å². The molecule has 0 bridgehead atoms. The second kappa shape index (κ2) is 6.01. The van der Waals surface area contributed by atoms with Crippen molar-refractivity contribution in [1.82, 2.24) is 15.1 Å². The minimum atomic E-state index is 0.606. The predicted octanol–water partition coefficient (Wildman–Crippen LogP) is 1.83. The zero-order valence-electron chi connectivity index (χ0n) is 11.1. The first kappa shape index (κ1) is 13.1. The van der Waals surface area contributed by atoms with Crippen LogP contribution in [0.5, 0.6) is 0 Å². The average molecular weight is 255 g/mol. The molecule has 0 radical (unpaired) electrons. The van der Waals surface area contributed by atoms with Crippen LogP contribution < -0.4 is 5.32 Å². The lowest BCUT2D eigenvalue weighted by Gasteiger charge is -2.40. The predicted molar refractivity (Wildman–Crippen MR) is 76.3 cm³/mol. The molecule has 2 fully saturated rings. The van der Waals surface area contributed by atoms with E-state index >= 15 is 0 Å². The van der Waals surface area contributed by atoms with E-state index in [2.05, 4.69) is 29.1 Å². The van der Waals surface area contributed by atoms with Crippen molar-refractivity contribution >= 4 is 17.3 Å². The Balaban J connectivity index is 1.79. The molecular weight excluding hydrogens is 230 g/mol. The van der Waals surface area contributed by atoms with Crippen LogP contribution in [0.2, 0.25) is 0 Å². The van der Waals surface area contributed by atoms with Crippen LogP contribution in [0.4, 0.5) is 0 Å². The molecule has 17 heavy (non-hydrogen) atoms. The lowest BCUT2D eigenvalue weighted by molar-refractivity contribution is 0.151. The Labute approximate surface area is 111 Å². The van der Waals surface area contributed by atoms with Gasteiger partial charge in [-0.25, -0.2) is 0 Å². The van der Waals surface area contributed by atoms with Gasteiger partial charge in [-0.15, -0.1) is 0 Å². The molecule has 1 heterocycles. The van der Waals surface area contributed by atoms with Gasteiger partial charge >= 0.3 is 0 Å². The number of hydrogen-bond acceptors (Lipinski definition) is 2. The summed E-state index contributed by atoms with van der Waals surface area (Å²) in [5.74, 6) is 0. The Morgan fingerprint density at radius 1 is 1.18 bits per heavy atom. The lowest BCUT2D eigenvalue weighted by atomic mass is 9.96. The van der Waals surface area contributed by atoms with Crippen LogP contribution in [0, 0.1) is 0 Å². The van der Waals surface area contributed by atoms with E-state index in [1.807, 2.05) is 0 Å². The molecule has 98 valence electrons. The standard InChI is InChI=1S/C13H25N3S/c1-11-10-16(9-8-15(11)2)13(17)14-12-6-4-3-5-7-12/h11-12H,3-10H2,1-2H3,(H,14,17). The highest BCUT2D eigenvalue weighted by Gasteiger charge is 2.23. The molecule has 1 N–H and O–H groups in total. The Kier molecular flexibility index (Phi) is 4.62. The summed E-state index contributed by atoms with van der Waals surface area (Å²) in [6.45, 7) is 5.53. The number of rotatable bonds is 1. The number of likely N-dealkylation sites (N-methyl/N-ethyl adjacent to an activating group) is 1. The van der Waals surface area contributed by atoms with Gasteiger partial charge in [-0.1, -0.05) is 19.3 Å². The number of thiocarbonyl (C=S) groups is 1. The summed E-state index contributed by atoms with van der Waals surface area (Å²) >= 11 is 5.54. The van der Waals surface area contributed by atoms with Gasteiger partial charge in [0.25, 0.3) is 0 Å². The zero-order valence-corrected chi connectivity index (χ0v) is 11.9. The Bertz CT molecular complexity index is 263. The summed E-state index contributed by atoms with van der Waals surface area (Å²) in [6, 6.07) is 1.24. The zero-order chi connectivity index (χ0) is 12.3. The van der Waals surface area contributed by atoms with E-state index < -0.39 is 0 Å².